The first kappa shape index (κ1) is 14.4. The third-order valence-electron chi connectivity index (χ3n) is 3.83. The molecule has 0 aliphatic carbocycles. The zero-order chi connectivity index (χ0) is 15.1. The molecule has 1 amide bonds. The summed E-state index contributed by atoms with van der Waals surface area (Å²) in [5.41, 5.74) is 5.04. The zero-order valence-corrected chi connectivity index (χ0v) is 13.4. The van der Waals surface area contributed by atoms with Gasteiger partial charge in [-0.15, -0.1) is 11.6 Å². The first-order valence-electron chi connectivity index (χ1n) is 6.76. The van der Waals surface area contributed by atoms with E-state index < -0.39 is 0 Å². The highest BCUT2D eigenvalue weighted by atomic mass is 35.5. The molecule has 108 valence electrons. The molecule has 1 unspecified atom stereocenters. The number of benzene rings is 2. The normalized spacial score (nSPS) is 15.2. The van der Waals surface area contributed by atoms with Crippen LogP contribution in [0.4, 0.5) is 5.69 Å². The minimum absolute atomic E-state index is 0.117. The van der Waals surface area contributed by atoms with Gasteiger partial charge in [0.2, 0.25) is 5.91 Å². The lowest BCUT2D eigenvalue weighted by atomic mass is 10.00. The van der Waals surface area contributed by atoms with E-state index in [1.165, 1.54) is 0 Å². The Morgan fingerprint density at radius 1 is 1.14 bits per heavy atom. The van der Waals surface area contributed by atoms with Crippen molar-refractivity contribution in [3.63, 3.8) is 0 Å². The SMILES string of the molecule is Cc1cc(Cl)cc(C(Cl)c2ccc3c(c2)CC(=O)N3C)c1. The van der Waals surface area contributed by atoms with Crippen LogP contribution in [0.15, 0.2) is 36.4 Å². The van der Waals surface area contributed by atoms with Gasteiger partial charge in [0.15, 0.2) is 0 Å². The van der Waals surface area contributed by atoms with E-state index in [-0.39, 0.29) is 11.3 Å². The van der Waals surface area contributed by atoms with Crippen molar-refractivity contribution in [2.24, 2.45) is 0 Å². The number of carbonyl (C=O) groups is 1. The quantitative estimate of drug-likeness (QED) is 0.746. The molecule has 0 fully saturated rings. The van der Waals surface area contributed by atoms with Gasteiger partial charge in [-0.2, -0.15) is 0 Å². The molecule has 1 atom stereocenters. The summed E-state index contributed by atoms with van der Waals surface area (Å²) < 4.78 is 0. The van der Waals surface area contributed by atoms with Crippen molar-refractivity contribution < 1.29 is 4.79 Å². The van der Waals surface area contributed by atoms with Crippen molar-refractivity contribution in [2.45, 2.75) is 18.7 Å². The topological polar surface area (TPSA) is 20.3 Å². The van der Waals surface area contributed by atoms with Crippen LogP contribution in [0, 0.1) is 6.92 Å². The Hall–Kier alpha value is -1.51. The molecule has 2 nitrogen and oxygen atoms in total. The minimum atomic E-state index is -0.270. The molecule has 0 radical (unpaired) electrons. The van der Waals surface area contributed by atoms with Crippen LogP contribution in [-0.2, 0) is 11.2 Å². The van der Waals surface area contributed by atoms with Gasteiger partial charge < -0.3 is 4.90 Å². The molecule has 1 heterocycles. The molecule has 0 bridgehead atoms. The maximum atomic E-state index is 11.7. The average Bonchev–Trinajstić information content (AvgIpc) is 2.71. The lowest BCUT2D eigenvalue weighted by molar-refractivity contribution is -0.117. The molecule has 1 aliphatic rings. The number of fused-ring (bicyclic) bond motifs is 1. The van der Waals surface area contributed by atoms with Crippen LogP contribution in [0.2, 0.25) is 5.02 Å². The van der Waals surface area contributed by atoms with E-state index in [2.05, 4.69) is 0 Å². The van der Waals surface area contributed by atoms with Gasteiger partial charge in [-0.05, 0) is 47.4 Å². The molecule has 2 aromatic carbocycles. The highest BCUT2D eigenvalue weighted by molar-refractivity contribution is 6.31. The Labute approximate surface area is 134 Å². The number of halogens is 2. The van der Waals surface area contributed by atoms with Gasteiger partial charge in [0, 0.05) is 17.8 Å². The fourth-order valence-electron chi connectivity index (χ4n) is 2.75. The van der Waals surface area contributed by atoms with Crippen LogP contribution in [-0.4, -0.2) is 13.0 Å². The summed E-state index contributed by atoms with van der Waals surface area (Å²) in [6.45, 7) is 2.00. The molecule has 0 spiro atoms. The van der Waals surface area contributed by atoms with Crippen molar-refractivity contribution in [1.29, 1.82) is 0 Å². The molecule has 1 aliphatic heterocycles. The van der Waals surface area contributed by atoms with Crippen molar-refractivity contribution in [3.05, 3.63) is 63.7 Å². The maximum absolute atomic E-state index is 11.7. The Morgan fingerprint density at radius 3 is 2.62 bits per heavy atom. The number of hydrogen-bond acceptors (Lipinski definition) is 1. The number of hydrogen-bond donors (Lipinski definition) is 0. The number of amides is 1. The van der Waals surface area contributed by atoms with Gasteiger partial charge in [-0.1, -0.05) is 29.8 Å². The molecule has 21 heavy (non-hydrogen) atoms. The number of anilines is 1. The molecule has 2 aromatic rings. The van der Waals surface area contributed by atoms with E-state index in [0.717, 1.165) is 27.9 Å². The van der Waals surface area contributed by atoms with Crippen LogP contribution in [0.1, 0.15) is 27.6 Å². The largest absolute Gasteiger partial charge is 0.315 e. The summed E-state index contributed by atoms with van der Waals surface area (Å²) >= 11 is 12.7. The molecular weight excluding hydrogens is 305 g/mol. The molecule has 0 saturated heterocycles. The molecule has 0 N–H and O–H groups in total. The van der Waals surface area contributed by atoms with E-state index in [1.807, 2.05) is 43.3 Å². The van der Waals surface area contributed by atoms with Crippen LogP contribution < -0.4 is 4.90 Å². The first-order chi connectivity index (χ1) is 9.95. The highest BCUT2D eigenvalue weighted by Crippen LogP contribution is 2.35. The van der Waals surface area contributed by atoms with Crippen LogP contribution in [0.25, 0.3) is 0 Å². The lowest BCUT2D eigenvalue weighted by Crippen LogP contribution is -2.20. The number of rotatable bonds is 2. The van der Waals surface area contributed by atoms with Crippen molar-refractivity contribution in [1.82, 2.24) is 0 Å². The minimum Gasteiger partial charge on any atom is -0.315 e. The number of aryl methyl sites for hydroxylation is 1. The highest BCUT2D eigenvalue weighted by Gasteiger charge is 2.25. The standard InChI is InChI=1S/C17H15Cl2NO/c1-10-5-13(8-14(18)6-10)17(19)11-3-4-15-12(7-11)9-16(21)20(15)2/h3-8,17H,9H2,1-2H3. The van der Waals surface area contributed by atoms with Gasteiger partial charge in [0.25, 0.3) is 0 Å². The molecule has 0 saturated carbocycles. The zero-order valence-electron chi connectivity index (χ0n) is 11.9. The summed E-state index contributed by atoms with van der Waals surface area (Å²) in [5, 5.41) is 0.417. The van der Waals surface area contributed by atoms with Crippen LogP contribution >= 0.6 is 23.2 Å². The van der Waals surface area contributed by atoms with E-state index in [0.29, 0.717) is 11.4 Å². The number of carbonyl (C=O) groups excluding carboxylic acids is 1. The smallest absolute Gasteiger partial charge is 0.231 e. The molecule has 0 aromatic heterocycles. The van der Waals surface area contributed by atoms with E-state index >= 15 is 0 Å². The third kappa shape index (κ3) is 2.66. The fraction of sp³-hybridized carbons (Fsp3) is 0.235. The Morgan fingerprint density at radius 2 is 1.90 bits per heavy atom. The Balaban J connectivity index is 1.98. The lowest BCUT2D eigenvalue weighted by Gasteiger charge is -2.14. The van der Waals surface area contributed by atoms with Crippen molar-refractivity contribution in [3.8, 4) is 0 Å². The maximum Gasteiger partial charge on any atom is 0.231 e. The number of alkyl halides is 1. The summed E-state index contributed by atoms with van der Waals surface area (Å²) in [6.07, 6.45) is 0.442. The summed E-state index contributed by atoms with van der Waals surface area (Å²) in [4.78, 5) is 13.4. The van der Waals surface area contributed by atoms with Gasteiger partial charge in [-0.3, -0.25) is 4.79 Å². The Kier molecular flexibility index (Phi) is 3.68. The monoisotopic (exact) mass is 319 g/mol. The van der Waals surface area contributed by atoms with E-state index in [1.54, 1.807) is 11.9 Å². The average molecular weight is 320 g/mol. The predicted molar refractivity (Wildman–Crippen MR) is 87.4 cm³/mol. The number of likely N-dealkylation sites (N-methyl/N-ethyl adjacent to an activating group) is 1. The second kappa shape index (κ2) is 5.36. The van der Waals surface area contributed by atoms with E-state index in [4.69, 9.17) is 23.2 Å². The van der Waals surface area contributed by atoms with Crippen molar-refractivity contribution >= 4 is 34.8 Å². The second-order valence-corrected chi connectivity index (χ2v) is 6.32. The van der Waals surface area contributed by atoms with Gasteiger partial charge in [0.05, 0.1) is 11.8 Å². The molecule has 3 rings (SSSR count). The summed E-state index contributed by atoms with van der Waals surface area (Å²) in [6, 6.07) is 11.8. The van der Waals surface area contributed by atoms with Gasteiger partial charge in [-0.25, -0.2) is 0 Å². The van der Waals surface area contributed by atoms with E-state index in [9.17, 15) is 4.79 Å². The van der Waals surface area contributed by atoms with Gasteiger partial charge in [0.1, 0.15) is 0 Å². The summed E-state index contributed by atoms with van der Waals surface area (Å²) in [5.74, 6) is 0.117. The molecule has 4 heteroatoms. The van der Waals surface area contributed by atoms with Crippen LogP contribution in [0.3, 0.4) is 0 Å². The molecular formula is C17H15Cl2NO. The predicted octanol–water partition coefficient (Wildman–Crippen LogP) is 4.50. The fourth-order valence-corrected chi connectivity index (χ4v) is 3.31. The Bertz CT molecular complexity index is 706. The second-order valence-electron chi connectivity index (χ2n) is 5.44. The first-order valence-corrected chi connectivity index (χ1v) is 7.57. The summed E-state index contributed by atoms with van der Waals surface area (Å²) in [7, 11) is 1.80. The third-order valence-corrected chi connectivity index (χ3v) is 4.55. The number of nitrogens with zero attached hydrogens (tertiary/aromatic N) is 1. The van der Waals surface area contributed by atoms with Crippen LogP contribution in [0.5, 0.6) is 0 Å². The van der Waals surface area contributed by atoms with Crippen molar-refractivity contribution in [2.75, 3.05) is 11.9 Å². The van der Waals surface area contributed by atoms with Gasteiger partial charge >= 0.3 is 0 Å².